The molecule has 0 N–H and O–H groups in total. The average molecular weight is 434 g/mol. The van der Waals surface area contributed by atoms with Crippen molar-refractivity contribution in [2.45, 2.75) is 6.92 Å². The number of benzene rings is 6. The summed E-state index contributed by atoms with van der Waals surface area (Å²) in [4.78, 5) is 14.0. The van der Waals surface area contributed by atoms with Gasteiger partial charge >= 0.3 is 0 Å². The monoisotopic (exact) mass is 433 g/mol. The second-order valence-corrected chi connectivity index (χ2v) is 9.50. The van der Waals surface area contributed by atoms with Crippen LogP contribution in [0.25, 0.3) is 76.9 Å². The highest BCUT2D eigenvalue weighted by Gasteiger charge is 2.19. The van der Waals surface area contributed by atoms with Crippen LogP contribution in [0.4, 0.5) is 0 Å². The second-order valence-electron chi connectivity index (χ2n) is 9.50. The molecule has 0 radical (unpaired) electrons. The summed E-state index contributed by atoms with van der Waals surface area (Å²) in [5.41, 5.74) is 3.01. The first-order valence-electron chi connectivity index (χ1n) is 11.6. The van der Waals surface area contributed by atoms with E-state index in [2.05, 4.69) is 86.3 Å². The number of hydrogen-bond donors (Lipinski definition) is 0. The van der Waals surface area contributed by atoms with Gasteiger partial charge in [-0.1, -0.05) is 72.8 Å². The summed E-state index contributed by atoms with van der Waals surface area (Å²) in [6, 6.07) is 29.9. The zero-order valence-electron chi connectivity index (χ0n) is 18.6. The lowest BCUT2D eigenvalue weighted by Gasteiger charge is -2.18. The van der Waals surface area contributed by atoms with E-state index in [1.165, 1.54) is 37.7 Å². The Hall–Kier alpha value is -4.43. The Morgan fingerprint density at radius 2 is 1.21 bits per heavy atom. The van der Waals surface area contributed by atoms with E-state index in [4.69, 9.17) is 0 Å². The summed E-state index contributed by atoms with van der Waals surface area (Å²) in [5, 5.41) is 13.5. The maximum atomic E-state index is 14.0. The first-order chi connectivity index (χ1) is 16.6. The van der Waals surface area contributed by atoms with Gasteiger partial charge in [0.15, 0.2) is 0 Å². The molecule has 0 amide bonds. The highest BCUT2D eigenvalue weighted by Crippen LogP contribution is 2.43. The van der Waals surface area contributed by atoms with Crippen molar-refractivity contribution in [3.05, 3.63) is 106 Å². The molecule has 0 saturated heterocycles. The number of rotatable bonds is 0. The Morgan fingerprint density at radius 3 is 1.94 bits per heavy atom. The van der Waals surface area contributed by atoms with Gasteiger partial charge in [-0.3, -0.25) is 9.20 Å². The van der Waals surface area contributed by atoms with Crippen molar-refractivity contribution in [3.63, 3.8) is 0 Å². The van der Waals surface area contributed by atoms with Gasteiger partial charge in [0.2, 0.25) is 0 Å². The molecule has 6 aromatic carbocycles. The molecule has 0 unspecified atom stereocenters. The maximum absolute atomic E-state index is 14.0. The van der Waals surface area contributed by atoms with Crippen molar-refractivity contribution in [1.29, 1.82) is 0 Å². The van der Waals surface area contributed by atoms with Crippen LogP contribution >= 0.6 is 0 Å². The lowest BCUT2D eigenvalue weighted by atomic mass is 9.87. The van der Waals surface area contributed by atoms with Crippen LogP contribution in [0.5, 0.6) is 0 Å². The Kier molecular flexibility index (Phi) is 3.14. The van der Waals surface area contributed by atoms with Gasteiger partial charge in [0.05, 0.1) is 11.0 Å². The van der Waals surface area contributed by atoms with E-state index in [1.54, 1.807) is 0 Å². The highest BCUT2D eigenvalue weighted by atomic mass is 16.1. The normalized spacial score (nSPS) is 12.5. The quantitative estimate of drug-likeness (QED) is 0.185. The third-order valence-corrected chi connectivity index (χ3v) is 7.65. The molecular formula is C32H19NO. The molecule has 2 nitrogen and oxygen atoms in total. The molecule has 0 aliphatic rings. The van der Waals surface area contributed by atoms with Gasteiger partial charge in [0, 0.05) is 21.5 Å². The zero-order valence-corrected chi connectivity index (χ0v) is 18.6. The average Bonchev–Trinajstić information content (AvgIpc) is 2.86. The summed E-state index contributed by atoms with van der Waals surface area (Å²) in [6.07, 6.45) is 0. The predicted molar refractivity (Wildman–Crippen MR) is 145 cm³/mol. The molecular weight excluding hydrogens is 414 g/mol. The van der Waals surface area contributed by atoms with Crippen molar-refractivity contribution in [2.75, 3.05) is 0 Å². The van der Waals surface area contributed by atoms with Crippen molar-refractivity contribution in [3.8, 4) is 0 Å². The van der Waals surface area contributed by atoms with E-state index in [0.29, 0.717) is 0 Å². The largest absolute Gasteiger partial charge is 0.276 e. The van der Waals surface area contributed by atoms with E-state index in [-0.39, 0.29) is 5.56 Å². The van der Waals surface area contributed by atoms with Crippen LogP contribution in [0.1, 0.15) is 5.56 Å². The van der Waals surface area contributed by atoms with Crippen LogP contribution in [-0.2, 0) is 0 Å². The minimum atomic E-state index is 0.0251. The molecule has 158 valence electrons. The van der Waals surface area contributed by atoms with Gasteiger partial charge in [0.1, 0.15) is 0 Å². The fourth-order valence-corrected chi connectivity index (χ4v) is 6.20. The van der Waals surface area contributed by atoms with E-state index in [1.807, 2.05) is 16.5 Å². The summed E-state index contributed by atoms with van der Waals surface area (Å²) in [7, 11) is 0. The maximum Gasteiger partial charge on any atom is 0.263 e. The van der Waals surface area contributed by atoms with Gasteiger partial charge in [-0.05, 0) is 74.1 Å². The van der Waals surface area contributed by atoms with Crippen LogP contribution < -0.4 is 10.8 Å². The molecule has 2 heterocycles. The number of fused-ring (bicyclic) bond motifs is 6. The van der Waals surface area contributed by atoms with Crippen molar-refractivity contribution in [1.82, 2.24) is 4.40 Å². The first kappa shape index (κ1) is 18.0. The summed E-state index contributed by atoms with van der Waals surface area (Å²) in [5.74, 6) is 0. The molecule has 0 saturated carbocycles. The van der Waals surface area contributed by atoms with E-state index in [0.717, 1.165) is 43.4 Å². The molecule has 0 aliphatic carbocycles. The minimum Gasteiger partial charge on any atom is -0.276 e. The summed E-state index contributed by atoms with van der Waals surface area (Å²) in [6.45, 7) is 6.41. The number of pyridine rings is 2. The highest BCUT2D eigenvalue weighted by molar-refractivity contribution is 6.37. The molecule has 8 aromatic rings. The van der Waals surface area contributed by atoms with E-state index < -0.39 is 0 Å². The topological polar surface area (TPSA) is 21.5 Å². The van der Waals surface area contributed by atoms with Crippen LogP contribution in [-0.4, -0.2) is 4.40 Å². The van der Waals surface area contributed by atoms with Crippen LogP contribution in [0.2, 0.25) is 0 Å². The lowest BCUT2D eigenvalue weighted by Crippen LogP contribution is -2.18. The Bertz CT molecular complexity index is 2220. The van der Waals surface area contributed by atoms with E-state index in [9.17, 15) is 4.79 Å². The molecule has 8 rings (SSSR count). The molecule has 34 heavy (non-hydrogen) atoms. The molecule has 2 aromatic heterocycles. The van der Waals surface area contributed by atoms with Crippen LogP contribution in [0, 0.1) is 6.92 Å². The van der Waals surface area contributed by atoms with Gasteiger partial charge < -0.3 is 0 Å². The number of nitrogens with zero attached hydrogens (tertiary/aromatic N) is 1. The number of hydrogen-bond acceptors (Lipinski definition) is 1. The SMILES string of the molecule is C=c1cc2c3ccc4c5cccc6cccc(c7ccc(c(=O)n2c2ccc(C)cc12)c3c74)c65. The third-order valence-electron chi connectivity index (χ3n) is 7.65. The number of aromatic nitrogens is 1. The Balaban J connectivity index is 1.73. The lowest BCUT2D eigenvalue weighted by molar-refractivity contribution is 1.18. The number of aryl methyl sites for hydroxylation is 1. The Morgan fingerprint density at radius 1 is 0.588 bits per heavy atom. The summed E-state index contributed by atoms with van der Waals surface area (Å²) < 4.78 is 1.88. The van der Waals surface area contributed by atoms with Crippen molar-refractivity contribution < 1.29 is 0 Å². The van der Waals surface area contributed by atoms with Gasteiger partial charge in [0.25, 0.3) is 5.56 Å². The van der Waals surface area contributed by atoms with Gasteiger partial charge in [-0.2, -0.15) is 0 Å². The molecule has 2 heteroatoms. The van der Waals surface area contributed by atoms with Crippen LogP contribution in [0.15, 0.2) is 89.7 Å². The van der Waals surface area contributed by atoms with Crippen LogP contribution in [0.3, 0.4) is 0 Å². The van der Waals surface area contributed by atoms with E-state index >= 15 is 0 Å². The Labute approximate surface area is 194 Å². The molecule has 0 aliphatic heterocycles. The minimum absolute atomic E-state index is 0.0251. The first-order valence-corrected chi connectivity index (χ1v) is 11.6. The van der Waals surface area contributed by atoms with Crippen molar-refractivity contribution in [2.24, 2.45) is 0 Å². The molecule has 0 fully saturated rings. The molecule has 0 atom stereocenters. The fourth-order valence-electron chi connectivity index (χ4n) is 6.20. The second kappa shape index (κ2) is 5.92. The molecule has 0 spiro atoms. The zero-order chi connectivity index (χ0) is 22.7. The molecule has 0 bridgehead atoms. The third kappa shape index (κ3) is 2.00. The smallest absolute Gasteiger partial charge is 0.263 e. The van der Waals surface area contributed by atoms with Gasteiger partial charge in [-0.25, -0.2) is 0 Å². The fraction of sp³-hybridized carbons (Fsp3) is 0.0312. The predicted octanol–water partition coefficient (Wildman–Crippen LogP) is 7.09. The standard InChI is InChI=1S/C32H19NO/c1-17-9-14-27-26(15-17)18(2)16-28-24-12-10-22-20-7-3-5-19-6-4-8-21(29(19)20)23-11-13-25(31(24)30(22)23)32(34)33(27)28/h3-16H,2H2,1H3. The van der Waals surface area contributed by atoms with Gasteiger partial charge in [-0.15, -0.1) is 0 Å². The van der Waals surface area contributed by atoms with Crippen molar-refractivity contribution >= 4 is 76.9 Å². The summed E-state index contributed by atoms with van der Waals surface area (Å²) >= 11 is 0.